The van der Waals surface area contributed by atoms with Gasteiger partial charge in [0.15, 0.2) is 11.5 Å². The second-order valence-electron chi connectivity index (χ2n) is 6.17. The minimum Gasteiger partial charge on any atom is -0.497 e. The van der Waals surface area contributed by atoms with Gasteiger partial charge >= 0.3 is 0 Å². The summed E-state index contributed by atoms with van der Waals surface area (Å²) in [4.78, 5) is 12.4. The third-order valence-corrected chi connectivity index (χ3v) is 5.24. The first kappa shape index (κ1) is 22.2. The Morgan fingerprint density at radius 2 is 1.71 bits per heavy atom. The number of benzene rings is 2. The lowest BCUT2D eigenvalue weighted by Gasteiger charge is -2.11. The molecule has 0 saturated heterocycles. The maximum atomic E-state index is 12.4. The summed E-state index contributed by atoms with van der Waals surface area (Å²) in [6, 6.07) is 10.8. The van der Waals surface area contributed by atoms with Crippen LogP contribution in [0.25, 0.3) is 5.69 Å². The number of hydrogen-bond acceptors (Lipinski definition) is 9. The first-order valence-electron chi connectivity index (χ1n) is 9.20. The van der Waals surface area contributed by atoms with E-state index < -0.39 is 0 Å². The zero-order chi connectivity index (χ0) is 22.2. The molecule has 0 aliphatic heterocycles. The molecule has 0 atom stereocenters. The maximum absolute atomic E-state index is 12.4. The number of carbonyl (C=O) groups is 1. The van der Waals surface area contributed by atoms with Crippen molar-refractivity contribution in [3.8, 4) is 28.7 Å². The molecule has 0 fully saturated rings. The molecule has 10 nitrogen and oxygen atoms in total. The minimum absolute atomic E-state index is 0.139. The van der Waals surface area contributed by atoms with Gasteiger partial charge < -0.3 is 24.3 Å². The predicted molar refractivity (Wildman–Crippen MR) is 114 cm³/mol. The highest BCUT2D eigenvalue weighted by Crippen LogP contribution is 2.30. The van der Waals surface area contributed by atoms with Crippen molar-refractivity contribution in [1.29, 1.82) is 0 Å². The standard InChI is InChI=1S/C20H23N5O5S/c1-27-14-6-8-16(28-2)15(10-14)25-20(22-23-24-25)31-12-19(26)21-11-13-5-7-17(29-3)18(9-13)30-4/h5-10H,11-12H2,1-4H3,(H,21,26). The number of rotatable bonds is 10. The van der Waals surface area contributed by atoms with Gasteiger partial charge in [0, 0.05) is 12.6 Å². The molecule has 2 aromatic carbocycles. The molecular weight excluding hydrogens is 422 g/mol. The van der Waals surface area contributed by atoms with E-state index in [2.05, 4.69) is 20.8 Å². The molecule has 0 spiro atoms. The Balaban J connectivity index is 1.63. The molecule has 0 saturated carbocycles. The van der Waals surface area contributed by atoms with Gasteiger partial charge in [-0.15, -0.1) is 5.10 Å². The molecule has 3 rings (SSSR count). The monoisotopic (exact) mass is 445 g/mol. The van der Waals surface area contributed by atoms with Gasteiger partial charge in [0.2, 0.25) is 11.1 Å². The lowest BCUT2D eigenvalue weighted by molar-refractivity contribution is -0.118. The van der Waals surface area contributed by atoms with Gasteiger partial charge in [-0.25, -0.2) is 0 Å². The van der Waals surface area contributed by atoms with Gasteiger partial charge in [-0.1, -0.05) is 17.8 Å². The number of nitrogens with zero attached hydrogens (tertiary/aromatic N) is 4. The van der Waals surface area contributed by atoms with Gasteiger partial charge in [0.05, 0.1) is 34.2 Å². The van der Waals surface area contributed by atoms with Crippen LogP contribution in [-0.2, 0) is 11.3 Å². The Bertz CT molecular complexity index is 1040. The van der Waals surface area contributed by atoms with Crippen LogP contribution >= 0.6 is 11.8 Å². The molecule has 0 aliphatic carbocycles. The Labute approximate surface area is 183 Å². The Hall–Kier alpha value is -3.47. The van der Waals surface area contributed by atoms with E-state index in [9.17, 15) is 4.79 Å². The van der Waals surface area contributed by atoms with Crippen molar-refractivity contribution in [3.63, 3.8) is 0 Å². The molecule has 3 aromatic rings. The molecule has 164 valence electrons. The van der Waals surface area contributed by atoms with E-state index in [1.165, 1.54) is 16.4 Å². The summed E-state index contributed by atoms with van der Waals surface area (Å²) in [6.07, 6.45) is 0. The highest BCUT2D eigenvalue weighted by atomic mass is 32.2. The SMILES string of the molecule is COc1ccc(OC)c(-n2nnnc2SCC(=O)NCc2ccc(OC)c(OC)c2)c1. The summed E-state index contributed by atoms with van der Waals surface area (Å²) in [5.41, 5.74) is 1.50. The Kier molecular flexibility index (Phi) is 7.55. The molecule has 11 heteroatoms. The quantitative estimate of drug-likeness (QED) is 0.469. The summed E-state index contributed by atoms with van der Waals surface area (Å²) in [6.45, 7) is 0.356. The summed E-state index contributed by atoms with van der Waals surface area (Å²) in [5, 5.41) is 15.1. The van der Waals surface area contributed by atoms with Crippen molar-refractivity contribution in [2.75, 3.05) is 34.2 Å². The molecular formula is C20H23N5O5S. The first-order chi connectivity index (χ1) is 15.1. The van der Waals surface area contributed by atoms with Gasteiger partial charge in [0.1, 0.15) is 17.2 Å². The number of thioether (sulfide) groups is 1. The predicted octanol–water partition coefficient (Wildman–Crippen LogP) is 2.11. The van der Waals surface area contributed by atoms with Crippen molar-refractivity contribution < 1.29 is 23.7 Å². The van der Waals surface area contributed by atoms with Crippen LogP contribution in [0.5, 0.6) is 23.0 Å². The van der Waals surface area contributed by atoms with Crippen LogP contribution in [-0.4, -0.2) is 60.3 Å². The van der Waals surface area contributed by atoms with Gasteiger partial charge in [-0.05, 0) is 40.3 Å². The van der Waals surface area contributed by atoms with E-state index in [4.69, 9.17) is 18.9 Å². The van der Waals surface area contributed by atoms with Crippen LogP contribution in [0.2, 0.25) is 0 Å². The van der Waals surface area contributed by atoms with Crippen molar-refractivity contribution in [2.24, 2.45) is 0 Å². The summed E-state index contributed by atoms with van der Waals surface area (Å²) in [7, 11) is 6.28. The van der Waals surface area contributed by atoms with E-state index in [0.717, 1.165) is 5.56 Å². The Morgan fingerprint density at radius 1 is 0.968 bits per heavy atom. The zero-order valence-electron chi connectivity index (χ0n) is 17.6. The summed E-state index contributed by atoms with van der Waals surface area (Å²) >= 11 is 1.21. The number of nitrogens with one attached hydrogen (secondary N) is 1. The van der Waals surface area contributed by atoms with E-state index in [1.54, 1.807) is 52.7 Å². The average molecular weight is 446 g/mol. The maximum Gasteiger partial charge on any atom is 0.230 e. The number of aromatic nitrogens is 4. The smallest absolute Gasteiger partial charge is 0.230 e. The normalized spacial score (nSPS) is 10.5. The molecule has 1 N–H and O–H groups in total. The van der Waals surface area contributed by atoms with Crippen LogP contribution in [0.1, 0.15) is 5.56 Å². The van der Waals surface area contributed by atoms with Crippen LogP contribution in [0, 0.1) is 0 Å². The highest BCUT2D eigenvalue weighted by molar-refractivity contribution is 7.99. The van der Waals surface area contributed by atoms with Crippen molar-refractivity contribution >= 4 is 17.7 Å². The molecule has 31 heavy (non-hydrogen) atoms. The molecule has 0 unspecified atom stereocenters. The van der Waals surface area contributed by atoms with Crippen LogP contribution in [0.3, 0.4) is 0 Å². The number of amides is 1. The molecule has 0 radical (unpaired) electrons. The number of hydrogen-bond donors (Lipinski definition) is 1. The van der Waals surface area contributed by atoms with E-state index in [0.29, 0.717) is 40.4 Å². The molecule has 0 aliphatic rings. The summed E-state index contributed by atoms with van der Waals surface area (Å²) in [5.74, 6) is 2.43. The van der Waals surface area contributed by atoms with E-state index in [-0.39, 0.29) is 11.7 Å². The third kappa shape index (κ3) is 5.37. The second kappa shape index (κ2) is 10.5. The third-order valence-electron chi connectivity index (χ3n) is 4.33. The molecule has 0 bridgehead atoms. The van der Waals surface area contributed by atoms with Crippen LogP contribution in [0.15, 0.2) is 41.6 Å². The lowest BCUT2D eigenvalue weighted by atomic mass is 10.2. The average Bonchev–Trinajstić information content (AvgIpc) is 3.29. The number of carbonyl (C=O) groups excluding carboxylic acids is 1. The van der Waals surface area contributed by atoms with Crippen LogP contribution in [0.4, 0.5) is 0 Å². The summed E-state index contributed by atoms with van der Waals surface area (Å²) < 4.78 is 22.7. The highest BCUT2D eigenvalue weighted by Gasteiger charge is 2.16. The van der Waals surface area contributed by atoms with E-state index >= 15 is 0 Å². The minimum atomic E-state index is -0.160. The molecule has 1 amide bonds. The molecule has 1 heterocycles. The number of tetrazole rings is 1. The fourth-order valence-electron chi connectivity index (χ4n) is 2.75. The van der Waals surface area contributed by atoms with Crippen molar-refractivity contribution in [1.82, 2.24) is 25.5 Å². The number of ether oxygens (including phenoxy) is 4. The van der Waals surface area contributed by atoms with Gasteiger partial charge in [-0.3, -0.25) is 4.79 Å². The molecule has 1 aromatic heterocycles. The topological polar surface area (TPSA) is 110 Å². The lowest BCUT2D eigenvalue weighted by Crippen LogP contribution is -2.24. The van der Waals surface area contributed by atoms with Gasteiger partial charge in [-0.2, -0.15) is 4.68 Å². The van der Waals surface area contributed by atoms with E-state index in [1.807, 2.05) is 12.1 Å². The second-order valence-corrected chi connectivity index (χ2v) is 7.11. The van der Waals surface area contributed by atoms with Crippen molar-refractivity contribution in [2.45, 2.75) is 11.7 Å². The number of methoxy groups -OCH3 is 4. The fraction of sp³-hybridized carbons (Fsp3) is 0.300. The van der Waals surface area contributed by atoms with Crippen LogP contribution < -0.4 is 24.3 Å². The fourth-order valence-corrected chi connectivity index (χ4v) is 3.47. The van der Waals surface area contributed by atoms with Crippen molar-refractivity contribution in [3.05, 3.63) is 42.0 Å². The Morgan fingerprint density at radius 3 is 2.42 bits per heavy atom. The largest absolute Gasteiger partial charge is 0.497 e. The first-order valence-corrected chi connectivity index (χ1v) is 10.2. The van der Waals surface area contributed by atoms with Gasteiger partial charge in [0.25, 0.3) is 0 Å². The zero-order valence-corrected chi connectivity index (χ0v) is 18.4.